The highest BCUT2D eigenvalue weighted by Crippen LogP contribution is 2.26. The van der Waals surface area contributed by atoms with Gasteiger partial charge in [-0.2, -0.15) is 5.10 Å². The lowest BCUT2D eigenvalue weighted by molar-refractivity contribution is 0.0741. The van der Waals surface area contributed by atoms with Gasteiger partial charge in [0.05, 0.1) is 5.69 Å². The first-order valence-electron chi connectivity index (χ1n) is 10.00. The highest BCUT2D eigenvalue weighted by molar-refractivity contribution is 6.30. The summed E-state index contributed by atoms with van der Waals surface area (Å²) >= 11 is 6.16. The standard InChI is InChI=1S/C23H25ClN4O/c1-3-17-5-7-18(8-6-17)20-15-21(26-25-20)23(29)28-12-10-27(11-13-28)22-14-19(24)9-4-16(22)2/h4-9,14-15H,3,10-13H2,1-2H3,(H,25,26). The summed E-state index contributed by atoms with van der Waals surface area (Å²) in [6.07, 6.45) is 1.01. The quantitative estimate of drug-likeness (QED) is 0.688. The summed E-state index contributed by atoms with van der Waals surface area (Å²) in [6.45, 7) is 7.13. The Morgan fingerprint density at radius 1 is 1.07 bits per heavy atom. The van der Waals surface area contributed by atoms with Crippen molar-refractivity contribution < 1.29 is 4.79 Å². The highest BCUT2D eigenvalue weighted by Gasteiger charge is 2.24. The van der Waals surface area contributed by atoms with E-state index in [2.05, 4.69) is 53.2 Å². The summed E-state index contributed by atoms with van der Waals surface area (Å²) in [5.74, 6) is -0.00334. The Kier molecular flexibility index (Phi) is 5.58. The van der Waals surface area contributed by atoms with E-state index in [1.54, 1.807) is 0 Å². The van der Waals surface area contributed by atoms with Crippen molar-refractivity contribution in [1.29, 1.82) is 0 Å². The fourth-order valence-corrected chi connectivity index (χ4v) is 3.90. The van der Waals surface area contributed by atoms with Crippen LogP contribution in [0.15, 0.2) is 48.5 Å². The number of hydrogen-bond donors (Lipinski definition) is 1. The van der Waals surface area contributed by atoms with E-state index in [9.17, 15) is 4.79 Å². The molecule has 0 unspecified atom stereocenters. The molecule has 6 heteroatoms. The van der Waals surface area contributed by atoms with Crippen molar-refractivity contribution in [3.05, 3.63) is 70.4 Å². The molecule has 1 aromatic heterocycles. The molecule has 0 aliphatic carbocycles. The predicted octanol–water partition coefficient (Wildman–Crippen LogP) is 4.56. The van der Waals surface area contributed by atoms with Gasteiger partial charge in [-0.05, 0) is 42.7 Å². The van der Waals surface area contributed by atoms with Crippen molar-refractivity contribution in [2.45, 2.75) is 20.3 Å². The maximum Gasteiger partial charge on any atom is 0.272 e. The minimum atomic E-state index is -0.00334. The van der Waals surface area contributed by atoms with E-state index in [-0.39, 0.29) is 5.91 Å². The second kappa shape index (κ2) is 8.29. The third-order valence-electron chi connectivity index (χ3n) is 5.54. The molecule has 4 rings (SSSR count). The molecule has 5 nitrogen and oxygen atoms in total. The van der Waals surface area contributed by atoms with Gasteiger partial charge in [-0.25, -0.2) is 0 Å². The number of aromatic nitrogens is 2. The second-order valence-electron chi connectivity index (χ2n) is 7.43. The van der Waals surface area contributed by atoms with Gasteiger partial charge < -0.3 is 9.80 Å². The number of rotatable bonds is 4. The zero-order chi connectivity index (χ0) is 20.4. The monoisotopic (exact) mass is 408 g/mol. The van der Waals surface area contributed by atoms with E-state index in [1.807, 2.05) is 29.2 Å². The summed E-state index contributed by atoms with van der Waals surface area (Å²) < 4.78 is 0. The average Bonchev–Trinajstić information content (AvgIpc) is 3.25. The van der Waals surface area contributed by atoms with Crippen molar-refractivity contribution in [2.24, 2.45) is 0 Å². The Morgan fingerprint density at radius 3 is 2.48 bits per heavy atom. The van der Waals surface area contributed by atoms with Gasteiger partial charge in [0.2, 0.25) is 0 Å². The van der Waals surface area contributed by atoms with Gasteiger partial charge in [-0.15, -0.1) is 0 Å². The lowest BCUT2D eigenvalue weighted by Crippen LogP contribution is -2.49. The molecular weight excluding hydrogens is 384 g/mol. The molecule has 1 aliphatic rings. The molecule has 150 valence electrons. The minimum absolute atomic E-state index is 0.00334. The summed E-state index contributed by atoms with van der Waals surface area (Å²) in [5.41, 5.74) is 5.97. The van der Waals surface area contributed by atoms with Crippen LogP contribution in [0.4, 0.5) is 5.69 Å². The van der Waals surface area contributed by atoms with E-state index in [4.69, 9.17) is 11.6 Å². The third kappa shape index (κ3) is 4.15. The fourth-order valence-electron chi connectivity index (χ4n) is 3.73. The molecule has 0 atom stereocenters. The number of halogens is 1. The molecule has 1 N–H and O–H groups in total. The van der Waals surface area contributed by atoms with Crippen LogP contribution < -0.4 is 4.90 Å². The van der Waals surface area contributed by atoms with Crippen LogP contribution in [0.1, 0.15) is 28.5 Å². The topological polar surface area (TPSA) is 52.2 Å². The Hall–Kier alpha value is -2.79. The van der Waals surface area contributed by atoms with Crippen LogP contribution in [0.2, 0.25) is 5.02 Å². The molecule has 29 heavy (non-hydrogen) atoms. The van der Waals surface area contributed by atoms with Crippen LogP contribution in [0.25, 0.3) is 11.3 Å². The number of aromatic amines is 1. The van der Waals surface area contributed by atoms with Gasteiger partial charge >= 0.3 is 0 Å². The number of nitrogens with zero attached hydrogens (tertiary/aromatic N) is 3. The average molecular weight is 409 g/mol. The predicted molar refractivity (Wildman–Crippen MR) is 118 cm³/mol. The number of carbonyl (C=O) groups is 1. The first-order valence-corrected chi connectivity index (χ1v) is 10.4. The van der Waals surface area contributed by atoms with E-state index in [0.717, 1.165) is 41.5 Å². The number of amides is 1. The summed E-state index contributed by atoms with van der Waals surface area (Å²) in [5, 5.41) is 8.00. The number of nitrogens with one attached hydrogen (secondary N) is 1. The normalized spacial score (nSPS) is 14.3. The molecular formula is C23H25ClN4O. The van der Waals surface area contributed by atoms with Crippen LogP contribution in [0.5, 0.6) is 0 Å². The van der Waals surface area contributed by atoms with Crippen LogP contribution in [-0.2, 0) is 6.42 Å². The fraction of sp³-hybridized carbons (Fsp3) is 0.304. The molecule has 1 aliphatic heterocycles. The first-order chi connectivity index (χ1) is 14.0. The molecule has 2 heterocycles. The van der Waals surface area contributed by atoms with Gasteiger partial charge in [0.15, 0.2) is 0 Å². The molecule has 3 aromatic rings. The Bertz CT molecular complexity index is 1000. The largest absolute Gasteiger partial charge is 0.368 e. The smallest absolute Gasteiger partial charge is 0.272 e. The number of hydrogen-bond acceptors (Lipinski definition) is 3. The molecule has 1 saturated heterocycles. The number of piperazine rings is 1. The molecule has 2 aromatic carbocycles. The van der Waals surface area contributed by atoms with Gasteiger partial charge in [-0.3, -0.25) is 9.89 Å². The molecule has 0 spiro atoms. The minimum Gasteiger partial charge on any atom is -0.368 e. The lowest BCUT2D eigenvalue weighted by Gasteiger charge is -2.36. The summed E-state index contributed by atoms with van der Waals surface area (Å²) in [6, 6.07) is 16.1. The number of aryl methyl sites for hydroxylation is 2. The second-order valence-corrected chi connectivity index (χ2v) is 7.86. The molecule has 1 amide bonds. The van der Waals surface area contributed by atoms with Crippen LogP contribution in [-0.4, -0.2) is 47.2 Å². The van der Waals surface area contributed by atoms with Crippen LogP contribution in [0, 0.1) is 6.92 Å². The van der Waals surface area contributed by atoms with Crippen molar-refractivity contribution in [3.63, 3.8) is 0 Å². The third-order valence-corrected chi connectivity index (χ3v) is 5.78. The van der Waals surface area contributed by atoms with Gasteiger partial charge in [-0.1, -0.05) is 48.9 Å². The van der Waals surface area contributed by atoms with E-state index < -0.39 is 0 Å². The Balaban J connectivity index is 1.42. The van der Waals surface area contributed by atoms with E-state index >= 15 is 0 Å². The number of anilines is 1. The van der Waals surface area contributed by atoms with Crippen molar-refractivity contribution in [3.8, 4) is 11.3 Å². The summed E-state index contributed by atoms with van der Waals surface area (Å²) in [4.78, 5) is 17.1. The van der Waals surface area contributed by atoms with Crippen molar-refractivity contribution in [1.82, 2.24) is 15.1 Å². The maximum absolute atomic E-state index is 12.9. The van der Waals surface area contributed by atoms with Crippen molar-refractivity contribution in [2.75, 3.05) is 31.1 Å². The zero-order valence-electron chi connectivity index (χ0n) is 16.8. The first kappa shape index (κ1) is 19.5. The van der Waals surface area contributed by atoms with E-state index in [1.165, 1.54) is 11.1 Å². The summed E-state index contributed by atoms with van der Waals surface area (Å²) in [7, 11) is 0. The molecule has 0 bridgehead atoms. The number of H-pyrrole nitrogens is 1. The Labute approximate surface area is 176 Å². The maximum atomic E-state index is 12.9. The lowest BCUT2D eigenvalue weighted by atomic mass is 10.1. The van der Waals surface area contributed by atoms with Gasteiger partial charge in [0.1, 0.15) is 5.69 Å². The SMILES string of the molecule is CCc1ccc(-c2cc(C(=O)N3CCN(c4cc(Cl)ccc4C)CC3)[nH]n2)cc1. The van der Waals surface area contributed by atoms with Gasteiger partial charge in [0, 0.05) is 42.5 Å². The molecule has 0 radical (unpaired) electrons. The molecule has 0 saturated carbocycles. The number of carbonyl (C=O) groups excluding carboxylic acids is 1. The molecule has 1 fully saturated rings. The number of benzene rings is 2. The Morgan fingerprint density at radius 2 is 1.79 bits per heavy atom. The zero-order valence-corrected chi connectivity index (χ0v) is 17.5. The van der Waals surface area contributed by atoms with Crippen LogP contribution in [0.3, 0.4) is 0 Å². The van der Waals surface area contributed by atoms with Crippen molar-refractivity contribution >= 4 is 23.2 Å². The van der Waals surface area contributed by atoms with E-state index in [0.29, 0.717) is 18.8 Å². The highest BCUT2D eigenvalue weighted by atomic mass is 35.5. The van der Waals surface area contributed by atoms with Crippen LogP contribution >= 0.6 is 11.6 Å². The van der Waals surface area contributed by atoms with Gasteiger partial charge in [0.25, 0.3) is 5.91 Å².